The first-order valence-electron chi connectivity index (χ1n) is 8.28. The molecule has 2 fully saturated rings. The Labute approximate surface area is 127 Å². The van der Waals surface area contributed by atoms with Gasteiger partial charge in [-0.05, 0) is 37.5 Å². The minimum Gasteiger partial charge on any atom is -0.481 e. The first-order valence-corrected chi connectivity index (χ1v) is 8.28. The molecule has 0 bridgehead atoms. The standard InChI is InChI=1S/C16H28N2O3/c1-11(2)13(15(19)20)10-17-16(21)18-9-5-8-14(18)12-6-3-4-7-12/h11-14H,3-10H2,1-2H3,(H,17,21)(H,19,20). The Kier molecular flexibility index (Phi) is 5.48. The largest absolute Gasteiger partial charge is 0.481 e. The van der Waals surface area contributed by atoms with Crippen LogP contribution in [0.4, 0.5) is 4.79 Å². The molecule has 1 aliphatic heterocycles. The Morgan fingerprint density at radius 3 is 2.43 bits per heavy atom. The minimum absolute atomic E-state index is 0.0204. The average Bonchev–Trinajstić information content (AvgIpc) is 3.08. The van der Waals surface area contributed by atoms with Crippen LogP contribution >= 0.6 is 0 Å². The fourth-order valence-electron chi connectivity index (χ4n) is 3.78. The maximum atomic E-state index is 12.4. The van der Waals surface area contributed by atoms with Crippen molar-refractivity contribution < 1.29 is 14.7 Å². The summed E-state index contributed by atoms with van der Waals surface area (Å²) in [7, 11) is 0. The Morgan fingerprint density at radius 1 is 1.19 bits per heavy atom. The second-order valence-electron chi connectivity index (χ2n) is 6.82. The van der Waals surface area contributed by atoms with Crippen molar-refractivity contribution in [2.75, 3.05) is 13.1 Å². The molecule has 5 nitrogen and oxygen atoms in total. The number of carbonyl (C=O) groups is 2. The van der Waals surface area contributed by atoms with Gasteiger partial charge in [-0.2, -0.15) is 0 Å². The Bertz CT molecular complexity index is 378. The monoisotopic (exact) mass is 296 g/mol. The normalized spacial score (nSPS) is 24.5. The highest BCUT2D eigenvalue weighted by Gasteiger charge is 2.36. The molecule has 2 aliphatic rings. The van der Waals surface area contributed by atoms with E-state index in [0.717, 1.165) is 19.4 Å². The van der Waals surface area contributed by atoms with Gasteiger partial charge < -0.3 is 15.3 Å². The van der Waals surface area contributed by atoms with Gasteiger partial charge >= 0.3 is 12.0 Å². The molecule has 1 saturated heterocycles. The fraction of sp³-hybridized carbons (Fsp3) is 0.875. The number of nitrogens with one attached hydrogen (secondary N) is 1. The van der Waals surface area contributed by atoms with Crippen LogP contribution in [-0.2, 0) is 4.79 Å². The SMILES string of the molecule is CC(C)C(CNC(=O)N1CCCC1C1CCCC1)C(=O)O. The van der Waals surface area contributed by atoms with E-state index >= 15 is 0 Å². The quantitative estimate of drug-likeness (QED) is 0.819. The van der Waals surface area contributed by atoms with E-state index in [0.29, 0.717) is 12.0 Å². The Morgan fingerprint density at radius 2 is 1.86 bits per heavy atom. The van der Waals surface area contributed by atoms with Gasteiger partial charge in [0.25, 0.3) is 0 Å². The molecule has 2 atom stereocenters. The van der Waals surface area contributed by atoms with Crippen LogP contribution in [0.2, 0.25) is 0 Å². The van der Waals surface area contributed by atoms with Gasteiger partial charge in [0.05, 0.1) is 5.92 Å². The topological polar surface area (TPSA) is 69.6 Å². The molecule has 0 spiro atoms. The van der Waals surface area contributed by atoms with Crippen LogP contribution in [0.5, 0.6) is 0 Å². The predicted molar refractivity (Wildman–Crippen MR) is 81.0 cm³/mol. The van der Waals surface area contributed by atoms with Crippen molar-refractivity contribution in [1.82, 2.24) is 10.2 Å². The molecular formula is C16H28N2O3. The average molecular weight is 296 g/mol. The van der Waals surface area contributed by atoms with Gasteiger partial charge in [-0.25, -0.2) is 4.79 Å². The highest BCUT2D eigenvalue weighted by Crippen LogP contribution is 2.35. The van der Waals surface area contributed by atoms with Crippen LogP contribution in [0.25, 0.3) is 0 Å². The fourth-order valence-corrected chi connectivity index (χ4v) is 3.78. The first kappa shape index (κ1) is 16.1. The third-order valence-electron chi connectivity index (χ3n) is 5.10. The van der Waals surface area contributed by atoms with Gasteiger partial charge in [-0.3, -0.25) is 4.79 Å². The lowest BCUT2D eigenvalue weighted by Gasteiger charge is -2.30. The van der Waals surface area contributed by atoms with Crippen molar-refractivity contribution in [3.05, 3.63) is 0 Å². The lowest BCUT2D eigenvalue weighted by atomic mass is 9.95. The predicted octanol–water partition coefficient (Wildman–Crippen LogP) is 2.71. The number of likely N-dealkylation sites (tertiary alicyclic amines) is 1. The van der Waals surface area contributed by atoms with Crippen molar-refractivity contribution >= 4 is 12.0 Å². The van der Waals surface area contributed by atoms with E-state index in [1.54, 1.807) is 0 Å². The summed E-state index contributed by atoms with van der Waals surface area (Å²) in [5.74, 6) is -0.675. The number of nitrogens with zero attached hydrogens (tertiary/aromatic N) is 1. The lowest BCUT2D eigenvalue weighted by molar-refractivity contribution is -0.142. The highest BCUT2D eigenvalue weighted by atomic mass is 16.4. The molecule has 0 radical (unpaired) electrons. The minimum atomic E-state index is -0.834. The third-order valence-corrected chi connectivity index (χ3v) is 5.10. The van der Waals surface area contributed by atoms with Crippen LogP contribution in [0.3, 0.4) is 0 Å². The van der Waals surface area contributed by atoms with E-state index in [-0.39, 0.29) is 18.5 Å². The van der Waals surface area contributed by atoms with Crippen LogP contribution in [-0.4, -0.2) is 41.1 Å². The maximum absolute atomic E-state index is 12.4. The Hall–Kier alpha value is -1.26. The van der Waals surface area contributed by atoms with E-state index in [2.05, 4.69) is 5.32 Å². The molecule has 2 rings (SSSR count). The zero-order chi connectivity index (χ0) is 15.4. The van der Waals surface area contributed by atoms with Crippen molar-refractivity contribution in [3.63, 3.8) is 0 Å². The Balaban J connectivity index is 1.88. The molecule has 2 unspecified atom stereocenters. The first-order chi connectivity index (χ1) is 10.0. The van der Waals surface area contributed by atoms with E-state index in [4.69, 9.17) is 0 Å². The summed E-state index contributed by atoms with van der Waals surface area (Å²) in [6.07, 6.45) is 7.21. The van der Waals surface area contributed by atoms with Crippen molar-refractivity contribution in [2.24, 2.45) is 17.8 Å². The summed E-state index contributed by atoms with van der Waals surface area (Å²) in [6.45, 7) is 4.79. The molecule has 5 heteroatoms. The second kappa shape index (κ2) is 7.14. The van der Waals surface area contributed by atoms with E-state index in [9.17, 15) is 14.7 Å². The number of urea groups is 1. The van der Waals surface area contributed by atoms with Gasteiger partial charge in [0.15, 0.2) is 0 Å². The number of carboxylic acid groups (broad SMARTS) is 1. The summed E-state index contributed by atoms with van der Waals surface area (Å²) < 4.78 is 0. The smallest absolute Gasteiger partial charge is 0.317 e. The van der Waals surface area contributed by atoms with Gasteiger partial charge in [0.1, 0.15) is 0 Å². The molecule has 0 aromatic rings. The molecule has 120 valence electrons. The number of carbonyl (C=O) groups excluding carboxylic acids is 1. The van der Waals surface area contributed by atoms with Gasteiger partial charge in [0, 0.05) is 19.1 Å². The molecular weight excluding hydrogens is 268 g/mol. The molecule has 1 aliphatic carbocycles. The molecule has 1 saturated carbocycles. The van der Waals surface area contributed by atoms with Crippen LogP contribution in [0, 0.1) is 17.8 Å². The van der Waals surface area contributed by atoms with Crippen molar-refractivity contribution in [2.45, 2.75) is 58.4 Å². The molecule has 1 heterocycles. The van der Waals surface area contributed by atoms with Gasteiger partial charge in [0.2, 0.25) is 0 Å². The lowest BCUT2D eigenvalue weighted by Crippen LogP contribution is -2.47. The van der Waals surface area contributed by atoms with Gasteiger partial charge in [-0.1, -0.05) is 26.7 Å². The number of hydrogen-bond donors (Lipinski definition) is 2. The molecule has 21 heavy (non-hydrogen) atoms. The number of hydrogen-bond acceptors (Lipinski definition) is 2. The van der Waals surface area contributed by atoms with E-state index in [1.807, 2.05) is 18.7 Å². The molecule has 0 aromatic carbocycles. The number of rotatable bonds is 5. The van der Waals surface area contributed by atoms with Crippen LogP contribution < -0.4 is 5.32 Å². The summed E-state index contributed by atoms with van der Waals surface area (Å²) in [4.78, 5) is 25.5. The third kappa shape index (κ3) is 3.89. The summed E-state index contributed by atoms with van der Waals surface area (Å²) in [5.41, 5.74) is 0. The number of carboxylic acids is 1. The zero-order valence-electron chi connectivity index (χ0n) is 13.2. The number of amides is 2. The van der Waals surface area contributed by atoms with Crippen molar-refractivity contribution in [3.8, 4) is 0 Å². The number of aliphatic carboxylic acids is 1. The van der Waals surface area contributed by atoms with Crippen molar-refractivity contribution in [1.29, 1.82) is 0 Å². The summed E-state index contributed by atoms with van der Waals surface area (Å²) >= 11 is 0. The van der Waals surface area contributed by atoms with E-state index < -0.39 is 11.9 Å². The van der Waals surface area contributed by atoms with Gasteiger partial charge in [-0.15, -0.1) is 0 Å². The maximum Gasteiger partial charge on any atom is 0.317 e. The zero-order valence-corrected chi connectivity index (χ0v) is 13.2. The van der Waals surface area contributed by atoms with Crippen LogP contribution in [0.1, 0.15) is 52.4 Å². The van der Waals surface area contributed by atoms with E-state index in [1.165, 1.54) is 25.7 Å². The summed E-state index contributed by atoms with van der Waals surface area (Å²) in [6, 6.07) is 0.297. The highest BCUT2D eigenvalue weighted by molar-refractivity contribution is 5.76. The van der Waals surface area contributed by atoms with Crippen LogP contribution in [0.15, 0.2) is 0 Å². The second-order valence-corrected chi connectivity index (χ2v) is 6.82. The summed E-state index contributed by atoms with van der Waals surface area (Å²) in [5, 5.41) is 12.0. The molecule has 2 N–H and O–H groups in total. The molecule has 0 aromatic heterocycles. The molecule has 2 amide bonds.